The molecular formula is C19H28Cl2Ti-2. The smallest absolute Gasteiger partial charge is 1.00 e. The summed E-state index contributed by atoms with van der Waals surface area (Å²) in [7, 11) is 0. The summed E-state index contributed by atoms with van der Waals surface area (Å²) in [6.45, 7) is 12.8. The Hall–Kier alpha value is 0.124. The largest absolute Gasteiger partial charge is 1.00 e. The van der Waals surface area contributed by atoms with Crippen LogP contribution in [0.5, 0.6) is 0 Å². The summed E-state index contributed by atoms with van der Waals surface area (Å²) < 4.78 is 1.42. The third-order valence-corrected chi connectivity index (χ3v) is 2.86. The van der Waals surface area contributed by atoms with Gasteiger partial charge in [0, 0.05) is 0 Å². The van der Waals surface area contributed by atoms with Crippen LogP contribution in [0.15, 0.2) is 35.5 Å². The minimum atomic E-state index is 0. The Morgan fingerprint density at radius 3 is 1.27 bits per heavy atom. The van der Waals surface area contributed by atoms with E-state index in [0.29, 0.717) is 11.8 Å². The Labute approximate surface area is 162 Å². The molecule has 0 spiro atoms. The van der Waals surface area contributed by atoms with Gasteiger partial charge < -0.3 is 24.8 Å². The molecule has 0 saturated carbocycles. The maximum absolute atomic E-state index is 3.24. The van der Waals surface area contributed by atoms with Crippen LogP contribution < -0.4 is 24.8 Å². The van der Waals surface area contributed by atoms with Crippen molar-refractivity contribution in [2.45, 2.75) is 54.4 Å². The van der Waals surface area contributed by atoms with Gasteiger partial charge in [-0.25, -0.2) is 23.3 Å². The van der Waals surface area contributed by atoms with Crippen LogP contribution in [0.3, 0.4) is 0 Å². The van der Waals surface area contributed by atoms with Gasteiger partial charge in [0.1, 0.15) is 0 Å². The molecule has 0 bridgehead atoms. The van der Waals surface area contributed by atoms with Crippen molar-refractivity contribution in [3.63, 3.8) is 0 Å². The summed E-state index contributed by atoms with van der Waals surface area (Å²) in [6.07, 6.45) is 17.5. The van der Waals surface area contributed by atoms with Gasteiger partial charge >= 0.3 is 37.6 Å². The van der Waals surface area contributed by atoms with Crippen LogP contribution in [0.25, 0.3) is 0 Å². The van der Waals surface area contributed by atoms with Gasteiger partial charge in [-0.2, -0.15) is 12.2 Å². The second-order valence-corrected chi connectivity index (χ2v) is 7.03. The standard InChI is InChI=1S/2C8H11.C3H6.2ClH.Ti/c2*1-3-8-5-4-7(2)6-8;1-3-2;;;/h2*4,6,8H,3H2,1-2H3;1-2H3;2*1H;/q2*-1;;;;+2/p-2. The third-order valence-electron chi connectivity index (χ3n) is 2.86. The molecule has 2 rings (SSSR count). The quantitative estimate of drug-likeness (QED) is 0.448. The second kappa shape index (κ2) is 16.0. The first-order chi connectivity index (χ1) is 9.38. The predicted molar refractivity (Wildman–Crippen MR) is 87.1 cm³/mol. The zero-order valence-electron chi connectivity index (χ0n) is 14.6. The van der Waals surface area contributed by atoms with Crippen LogP contribution in [0, 0.1) is 24.0 Å². The summed E-state index contributed by atoms with van der Waals surface area (Å²) in [6, 6.07) is 0. The van der Waals surface area contributed by atoms with Crippen molar-refractivity contribution in [2.24, 2.45) is 11.8 Å². The first-order valence-electron chi connectivity index (χ1n) is 7.46. The normalized spacial score (nSPS) is 20.4. The van der Waals surface area contributed by atoms with E-state index >= 15 is 0 Å². The maximum atomic E-state index is 3.24. The molecule has 22 heavy (non-hydrogen) atoms. The molecule has 2 atom stereocenters. The van der Waals surface area contributed by atoms with Crippen LogP contribution in [0.2, 0.25) is 0 Å². The summed E-state index contributed by atoms with van der Waals surface area (Å²) in [5, 5.41) is 0. The maximum Gasteiger partial charge on any atom is -1.00 e. The topological polar surface area (TPSA) is 0 Å². The summed E-state index contributed by atoms with van der Waals surface area (Å²) in [4.78, 5) is 0. The molecule has 0 fully saturated rings. The summed E-state index contributed by atoms with van der Waals surface area (Å²) in [5.41, 5.74) is 2.72. The van der Waals surface area contributed by atoms with Gasteiger partial charge in [-0.15, -0.1) is 13.8 Å². The number of hydrogen-bond donors (Lipinski definition) is 0. The average molecular weight is 375 g/mol. The number of allylic oxidation sites excluding steroid dienone is 8. The molecular weight excluding hydrogens is 347 g/mol. The van der Waals surface area contributed by atoms with E-state index in [1.165, 1.54) is 27.8 Å². The molecule has 0 aromatic carbocycles. The van der Waals surface area contributed by atoms with Gasteiger partial charge in [0.25, 0.3) is 0 Å². The molecule has 2 aliphatic carbocycles. The monoisotopic (exact) mass is 374 g/mol. The summed E-state index contributed by atoms with van der Waals surface area (Å²) >= 11 is 2.08. The van der Waals surface area contributed by atoms with Gasteiger partial charge in [-0.3, -0.25) is 12.2 Å². The molecule has 0 nitrogen and oxygen atoms in total. The minimum Gasteiger partial charge on any atom is -1.00 e. The fraction of sp³-hybridized carbons (Fsp3) is 0.526. The fourth-order valence-electron chi connectivity index (χ4n) is 1.78. The number of hydrogen-bond acceptors (Lipinski definition) is 0. The van der Waals surface area contributed by atoms with E-state index in [-0.39, 0.29) is 24.8 Å². The van der Waals surface area contributed by atoms with Crippen molar-refractivity contribution in [1.29, 1.82) is 0 Å². The van der Waals surface area contributed by atoms with E-state index in [1.807, 2.05) is 0 Å². The molecule has 124 valence electrons. The van der Waals surface area contributed by atoms with Gasteiger partial charge in [0.15, 0.2) is 0 Å². The van der Waals surface area contributed by atoms with E-state index in [1.54, 1.807) is 0 Å². The molecule has 0 saturated heterocycles. The molecule has 2 aliphatic rings. The Morgan fingerprint density at radius 1 is 0.909 bits per heavy atom. The zero-order valence-corrected chi connectivity index (χ0v) is 17.7. The van der Waals surface area contributed by atoms with E-state index in [4.69, 9.17) is 0 Å². The van der Waals surface area contributed by atoms with E-state index in [2.05, 4.69) is 98.0 Å². The average Bonchev–Trinajstić information content (AvgIpc) is 2.97. The van der Waals surface area contributed by atoms with Gasteiger partial charge in [0.05, 0.1) is 0 Å². The van der Waals surface area contributed by atoms with Crippen LogP contribution in [-0.4, -0.2) is 3.81 Å². The molecule has 0 aromatic heterocycles. The first kappa shape index (κ1) is 27.0. The fourth-order valence-corrected chi connectivity index (χ4v) is 1.78. The van der Waals surface area contributed by atoms with E-state index in [9.17, 15) is 0 Å². The molecule has 0 N–H and O–H groups in total. The Balaban J connectivity index is -0.000000249. The Kier molecular flexibility index (Phi) is 19.6. The van der Waals surface area contributed by atoms with Crippen molar-refractivity contribution >= 4 is 3.81 Å². The Bertz CT molecular complexity index is 379. The van der Waals surface area contributed by atoms with Crippen molar-refractivity contribution in [2.75, 3.05) is 0 Å². The summed E-state index contributed by atoms with van der Waals surface area (Å²) in [5.74, 6) is 1.21. The van der Waals surface area contributed by atoms with Gasteiger partial charge in [0.2, 0.25) is 0 Å². The van der Waals surface area contributed by atoms with E-state index < -0.39 is 0 Å². The van der Waals surface area contributed by atoms with Gasteiger partial charge in [-0.1, -0.05) is 38.5 Å². The van der Waals surface area contributed by atoms with Crippen molar-refractivity contribution < 1.29 is 44.8 Å². The third kappa shape index (κ3) is 15.0. The molecule has 0 amide bonds. The van der Waals surface area contributed by atoms with Crippen LogP contribution in [0.1, 0.15) is 54.4 Å². The number of halogens is 2. The molecule has 2 unspecified atom stereocenters. The van der Waals surface area contributed by atoms with Crippen molar-refractivity contribution in [3.05, 3.63) is 47.6 Å². The van der Waals surface area contributed by atoms with Crippen molar-refractivity contribution in [1.82, 2.24) is 0 Å². The SMILES string of the molecule is CCC1[C-]=CC(C)=C1.CCC1[C-]=CC(C)=C1.C[C](C)=[Ti+2].[Cl-].[Cl-]. The molecule has 0 aliphatic heterocycles. The number of rotatable bonds is 2. The molecule has 0 radical (unpaired) electrons. The molecule has 0 aromatic rings. The first-order valence-corrected chi connectivity index (χ1v) is 8.24. The van der Waals surface area contributed by atoms with Crippen LogP contribution >= 0.6 is 0 Å². The second-order valence-electron chi connectivity index (χ2n) is 5.47. The Morgan fingerprint density at radius 2 is 1.18 bits per heavy atom. The van der Waals surface area contributed by atoms with Crippen LogP contribution in [-0.2, 0) is 20.0 Å². The van der Waals surface area contributed by atoms with Crippen molar-refractivity contribution in [3.8, 4) is 0 Å². The molecule has 0 heterocycles. The van der Waals surface area contributed by atoms with Gasteiger partial charge in [-0.05, 0) is 0 Å². The van der Waals surface area contributed by atoms with E-state index in [0.717, 1.165) is 0 Å². The molecule has 3 heteroatoms. The minimum absolute atomic E-state index is 0. The zero-order chi connectivity index (χ0) is 15.5. The van der Waals surface area contributed by atoms with Crippen LogP contribution in [0.4, 0.5) is 0 Å². The predicted octanol–water partition coefficient (Wildman–Crippen LogP) is -0.583.